The van der Waals surface area contributed by atoms with Crippen molar-refractivity contribution in [1.29, 1.82) is 0 Å². The van der Waals surface area contributed by atoms with Crippen LogP contribution in [0.1, 0.15) is 30.9 Å². The number of amides is 1. The number of nitrogens with zero attached hydrogens (tertiary/aromatic N) is 4. The molecule has 4 aromatic rings. The Bertz CT molecular complexity index is 1140. The first kappa shape index (κ1) is 20.6. The molecule has 7 heteroatoms. The van der Waals surface area contributed by atoms with E-state index in [1.54, 1.807) is 11.1 Å². The van der Waals surface area contributed by atoms with Crippen LogP contribution >= 0.6 is 22.9 Å². The monoisotopic (exact) mass is 438 g/mol. The second kappa shape index (κ2) is 8.98. The first-order chi connectivity index (χ1) is 14.5. The van der Waals surface area contributed by atoms with Crippen LogP contribution in [0.25, 0.3) is 10.2 Å². The standard InChI is InChI=1S/C23H23ClN4OS/c1-16(2)18-9-7-17(8-10-18)15-21(29)28(14-13-27-12-4-11-25-27)23-26-22-19(24)5-3-6-20(22)30-23/h3-12,16H,13-15H2,1-2H3. The molecule has 0 aliphatic rings. The van der Waals surface area contributed by atoms with Crippen molar-refractivity contribution in [2.24, 2.45) is 0 Å². The molecule has 0 radical (unpaired) electrons. The number of thiazole rings is 1. The Morgan fingerprint density at radius 2 is 1.97 bits per heavy atom. The maximum atomic E-state index is 13.3. The lowest BCUT2D eigenvalue weighted by Crippen LogP contribution is -2.35. The normalized spacial score (nSPS) is 11.3. The zero-order valence-electron chi connectivity index (χ0n) is 17.0. The highest BCUT2D eigenvalue weighted by molar-refractivity contribution is 7.22. The van der Waals surface area contributed by atoms with Gasteiger partial charge in [-0.2, -0.15) is 5.10 Å². The molecule has 0 fully saturated rings. The summed E-state index contributed by atoms with van der Waals surface area (Å²) in [7, 11) is 0. The summed E-state index contributed by atoms with van der Waals surface area (Å²) >= 11 is 7.79. The highest BCUT2D eigenvalue weighted by Crippen LogP contribution is 2.33. The zero-order chi connectivity index (χ0) is 21.1. The van der Waals surface area contributed by atoms with Crippen molar-refractivity contribution >= 4 is 44.2 Å². The molecule has 0 saturated carbocycles. The maximum Gasteiger partial charge on any atom is 0.233 e. The van der Waals surface area contributed by atoms with Gasteiger partial charge in [0.1, 0.15) is 5.52 Å². The zero-order valence-corrected chi connectivity index (χ0v) is 18.5. The van der Waals surface area contributed by atoms with E-state index in [2.05, 4.69) is 36.1 Å². The molecule has 1 amide bonds. The second-order valence-corrected chi connectivity index (χ2v) is 8.89. The fraction of sp³-hybridized carbons (Fsp3) is 0.261. The van der Waals surface area contributed by atoms with Gasteiger partial charge in [-0.05, 0) is 35.2 Å². The summed E-state index contributed by atoms with van der Waals surface area (Å²) in [4.78, 5) is 19.7. The number of carbonyl (C=O) groups excluding carboxylic acids is 1. The number of halogens is 1. The van der Waals surface area contributed by atoms with Crippen molar-refractivity contribution in [2.45, 2.75) is 32.7 Å². The quantitative estimate of drug-likeness (QED) is 0.380. The number of fused-ring (bicyclic) bond motifs is 1. The number of hydrogen-bond acceptors (Lipinski definition) is 4. The minimum atomic E-state index is 0.00892. The molecule has 0 spiro atoms. The molecule has 30 heavy (non-hydrogen) atoms. The van der Waals surface area contributed by atoms with Gasteiger partial charge in [-0.3, -0.25) is 14.4 Å². The maximum absolute atomic E-state index is 13.3. The predicted octanol–water partition coefficient (Wildman–Crippen LogP) is 5.55. The first-order valence-corrected chi connectivity index (χ1v) is 11.1. The Balaban J connectivity index is 1.59. The van der Waals surface area contributed by atoms with Crippen molar-refractivity contribution in [3.05, 3.63) is 77.1 Å². The van der Waals surface area contributed by atoms with Gasteiger partial charge in [-0.1, -0.05) is 67.1 Å². The van der Waals surface area contributed by atoms with Crippen LogP contribution in [0.3, 0.4) is 0 Å². The van der Waals surface area contributed by atoms with E-state index >= 15 is 0 Å². The highest BCUT2D eigenvalue weighted by atomic mass is 35.5. The van der Waals surface area contributed by atoms with E-state index in [1.807, 2.05) is 47.3 Å². The molecule has 0 atom stereocenters. The Hall–Kier alpha value is -2.70. The van der Waals surface area contributed by atoms with Crippen molar-refractivity contribution in [3.8, 4) is 0 Å². The van der Waals surface area contributed by atoms with Gasteiger partial charge in [0.2, 0.25) is 5.91 Å². The van der Waals surface area contributed by atoms with Gasteiger partial charge in [0, 0.05) is 18.9 Å². The minimum Gasteiger partial charge on any atom is -0.286 e. The third kappa shape index (κ3) is 4.55. The SMILES string of the molecule is CC(C)c1ccc(CC(=O)N(CCn2cccn2)c2nc3c(Cl)cccc3s2)cc1. The molecular formula is C23H23ClN4OS. The number of aromatic nitrogens is 3. The van der Waals surface area contributed by atoms with Gasteiger partial charge in [-0.25, -0.2) is 4.98 Å². The third-order valence-electron chi connectivity index (χ3n) is 5.00. The summed E-state index contributed by atoms with van der Waals surface area (Å²) in [6.07, 6.45) is 3.95. The van der Waals surface area contributed by atoms with Crippen LogP contribution in [0.15, 0.2) is 60.9 Å². The van der Waals surface area contributed by atoms with Gasteiger partial charge in [0.25, 0.3) is 0 Å². The fourth-order valence-corrected chi connectivity index (χ4v) is 4.58. The Kier molecular flexibility index (Phi) is 6.16. The predicted molar refractivity (Wildman–Crippen MR) is 123 cm³/mol. The number of hydrogen-bond donors (Lipinski definition) is 0. The summed E-state index contributed by atoms with van der Waals surface area (Å²) in [6, 6.07) is 15.8. The van der Waals surface area contributed by atoms with Crippen LogP contribution in [0.4, 0.5) is 5.13 Å². The van der Waals surface area contributed by atoms with Crippen LogP contribution in [0.5, 0.6) is 0 Å². The van der Waals surface area contributed by atoms with Crippen molar-refractivity contribution in [1.82, 2.24) is 14.8 Å². The van der Waals surface area contributed by atoms with E-state index in [4.69, 9.17) is 11.6 Å². The average Bonchev–Trinajstić information content (AvgIpc) is 3.39. The lowest BCUT2D eigenvalue weighted by molar-refractivity contribution is -0.118. The van der Waals surface area contributed by atoms with Crippen molar-refractivity contribution < 1.29 is 4.79 Å². The molecule has 0 N–H and O–H groups in total. The number of carbonyl (C=O) groups is 1. The molecule has 5 nitrogen and oxygen atoms in total. The molecule has 0 saturated heterocycles. The summed E-state index contributed by atoms with van der Waals surface area (Å²) in [5.41, 5.74) is 2.99. The molecule has 4 rings (SSSR count). The number of rotatable bonds is 7. The topological polar surface area (TPSA) is 51.0 Å². The summed E-state index contributed by atoms with van der Waals surface area (Å²) in [6.45, 7) is 5.40. The van der Waals surface area contributed by atoms with Crippen molar-refractivity contribution in [2.75, 3.05) is 11.4 Å². The van der Waals surface area contributed by atoms with E-state index in [1.165, 1.54) is 16.9 Å². The van der Waals surface area contributed by atoms with Crippen molar-refractivity contribution in [3.63, 3.8) is 0 Å². The molecular weight excluding hydrogens is 416 g/mol. The first-order valence-electron chi connectivity index (χ1n) is 9.93. The Morgan fingerprint density at radius 3 is 2.63 bits per heavy atom. The molecule has 2 heterocycles. The average molecular weight is 439 g/mol. The second-order valence-electron chi connectivity index (χ2n) is 7.47. The van der Waals surface area contributed by atoms with Crippen LogP contribution in [0.2, 0.25) is 5.02 Å². The molecule has 154 valence electrons. The number of benzene rings is 2. The third-order valence-corrected chi connectivity index (χ3v) is 6.35. The van der Waals surface area contributed by atoms with Gasteiger partial charge in [-0.15, -0.1) is 0 Å². The molecule has 0 aliphatic carbocycles. The summed E-state index contributed by atoms with van der Waals surface area (Å²) in [5.74, 6) is 0.474. The molecule has 0 bridgehead atoms. The summed E-state index contributed by atoms with van der Waals surface area (Å²) < 4.78 is 2.79. The van der Waals surface area contributed by atoms with Crippen LogP contribution in [0, 0.1) is 0 Å². The lowest BCUT2D eigenvalue weighted by Gasteiger charge is -2.20. The van der Waals surface area contributed by atoms with E-state index in [-0.39, 0.29) is 5.91 Å². The smallest absolute Gasteiger partial charge is 0.233 e. The molecule has 2 aromatic heterocycles. The van der Waals surface area contributed by atoms with Gasteiger partial charge < -0.3 is 0 Å². The van der Waals surface area contributed by atoms with E-state index in [0.29, 0.717) is 35.6 Å². The summed E-state index contributed by atoms with van der Waals surface area (Å²) in [5, 5.41) is 5.51. The van der Waals surface area contributed by atoms with Gasteiger partial charge in [0.15, 0.2) is 5.13 Å². The van der Waals surface area contributed by atoms with E-state index in [0.717, 1.165) is 15.8 Å². The molecule has 2 aromatic carbocycles. The molecule has 0 aliphatic heterocycles. The fourth-order valence-electron chi connectivity index (χ4n) is 3.27. The van der Waals surface area contributed by atoms with Crippen LogP contribution in [-0.4, -0.2) is 27.2 Å². The lowest BCUT2D eigenvalue weighted by atomic mass is 10.0. The van der Waals surface area contributed by atoms with Crippen LogP contribution in [-0.2, 0) is 17.8 Å². The Morgan fingerprint density at radius 1 is 1.17 bits per heavy atom. The van der Waals surface area contributed by atoms with Gasteiger partial charge >= 0.3 is 0 Å². The minimum absolute atomic E-state index is 0.00892. The van der Waals surface area contributed by atoms with E-state index in [9.17, 15) is 4.79 Å². The van der Waals surface area contributed by atoms with E-state index < -0.39 is 0 Å². The molecule has 0 unspecified atom stereocenters. The largest absolute Gasteiger partial charge is 0.286 e. The highest BCUT2D eigenvalue weighted by Gasteiger charge is 2.21. The van der Waals surface area contributed by atoms with Crippen LogP contribution < -0.4 is 4.90 Å². The van der Waals surface area contributed by atoms with Gasteiger partial charge in [0.05, 0.1) is 22.7 Å². The Labute approximate surface area is 184 Å². The number of para-hydroxylation sites is 1. The number of anilines is 1.